The molecule has 7 nitrogen and oxygen atoms in total. The van der Waals surface area contributed by atoms with Gasteiger partial charge in [0.15, 0.2) is 5.69 Å². The van der Waals surface area contributed by atoms with Gasteiger partial charge < -0.3 is 4.90 Å². The van der Waals surface area contributed by atoms with Gasteiger partial charge in [-0.15, -0.1) is 11.3 Å². The minimum atomic E-state index is -0.591. The minimum absolute atomic E-state index is 0.0289. The van der Waals surface area contributed by atoms with Crippen LogP contribution in [0.2, 0.25) is 5.02 Å². The van der Waals surface area contributed by atoms with Crippen molar-refractivity contribution in [2.45, 2.75) is 12.8 Å². The average molecular weight is 431 g/mol. The number of hydrogen-bond donors (Lipinski definition) is 2. The van der Waals surface area contributed by atoms with Gasteiger partial charge in [-0.25, -0.2) is 9.97 Å². The van der Waals surface area contributed by atoms with Crippen molar-refractivity contribution in [3.8, 4) is 0 Å². The van der Waals surface area contributed by atoms with Gasteiger partial charge in [0.25, 0.3) is 11.8 Å². The lowest BCUT2D eigenvalue weighted by Gasteiger charge is -2.16. The Hall–Kier alpha value is -1.71. The lowest BCUT2D eigenvalue weighted by molar-refractivity contribution is 0.0846. The number of aromatic nitrogens is 2. The van der Waals surface area contributed by atoms with E-state index in [1.54, 1.807) is 12.1 Å². The Labute approximate surface area is 155 Å². The van der Waals surface area contributed by atoms with Gasteiger partial charge in [-0.1, -0.05) is 11.6 Å². The maximum Gasteiger partial charge on any atom is 0.290 e. The molecule has 1 saturated heterocycles. The van der Waals surface area contributed by atoms with Crippen molar-refractivity contribution in [3.05, 3.63) is 37.7 Å². The Morgan fingerprint density at radius 2 is 1.92 bits per heavy atom. The van der Waals surface area contributed by atoms with E-state index in [9.17, 15) is 9.59 Å². The number of anilines is 1. The molecule has 3 heterocycles. The summed E-state index contributed by atoms with van der Waals surface area (Å²) in [5, 5.41) is 0.128. The Morgan fingerprint density at radius 3 is 2.58 bits per heavy atom. The summed E-state index contributed by atoms with van der Waals surface area (Å²) in [5.74, 6) is -0.536. The zero-order chi connectivity index (χ0) is 17.1. The van der Waals surface area contributed by atoms with E-state index in [1.165, 1.54) is 17.5 Å². The maximum atomic E-state index is 12.2. The Balaban J connectivity index is 1.68. The second kappa shape index (κ2) is 7.45. The van der Waals surface area contributed by atoms with Crippen molar-refractivity contribution >= 4 is 56.6 Å². The maximum absolute atomic E-state index is 12.2. The van der Waals surface area contributed by atoms with Gasteiger partial charge in [-0.05, 0) is 40.9 Å². The molecule has 0 aromatic carbocycles. The molecule has 1 fully saturated rings. The van der Waals surface area contributed by atoms with E-state index < -0.39 is 11.8 Å². The second-order valence-electron chi connectivity index (χ2n) is 5.07. The predicted octanol–water partition coefficient (Wildman–Crippen LogP) is 2.63. The highest BCUT2D eigenvalue weighted by atomic mass is 79.9. The second-order valence-corrected chi connectivity index (χ2v) is 7.94. The summed E-state index contributed by atoms with van der Waals surface area (Å²) in [6.07, 6.45) is 3.54. The van der Waals surface area contributed by atoms with Crippen molar-refractivity contribution in [1.29, 1.82) is 0 Å². The molecule has 2 amide bonds. The van der Waals surface area contributed by atoms with Crippen LogP contribution in [0, 0.1) is 0 Å². The zero-order valence-corrected chi connectivity index (χ0v) is 15.5. The van der Waals surface area contributed by atoms with Crippen LogP contribution in [0.25, 0.3) is 0 Å². The van der Waals surface area contributed by atoms with Crippen LogP contribution in [0.15, 0.2) is 22.1 Å². The quantitative estimate of drug-likeness (QED) is 0.731. The largest absolute Gasteiger partial charge is 0.341 e. The molecule has 2 aromatic rings. The number of nitrogens with zero attached hydrogens (tertiary/aromatic N) is 3. The molecule has 0 atom stereocenters. The number of hydrazine groups is 1. The molecule has 1 aliphatic rings. The van der Waals surface area contributed by atoms with Gasteiger partial charge in [0.2, 0.25) is 5.95 Å². The fraction of sp³-hybridized carbons (Fsp3) is 0.286. The van der Waals surface area contributed by atoms with Crippen LogP contribution in [-0.4, -0.2) is 34.9 Å². The number of thiophene rings is 1. The first-order valence-corrected chi connectivity index (χ1v) is 9.17. The van der Waals surface area contributed by atoms with Crippen LogP contribution in [0.3, 0.4) is 0 Å². The number of rotatable bonds is 3. The summed E-state index contributed by atoms with van der Waals surface area (Å²) in [6.45, 7) is 1.71. The highest BCUT2D eigenvalue weighted by Gasteiger charge is 2.20. The highest BCUT2D eigenvalue weighted by Crippen LogP contribution is 2.22. The first-order valence-electron chi connectivity index (χ1n) is 7.18. The summed E-state index contributed by atoms with van der Waals surface area (Å²) in [7, 11) is 0. The van der Waals surface area contributed by atoms with Crippen molar-refractivity contribution in [2.75, 3.05) is 18.0 Å². The predicted molar refractivity (Wildman–Crippen MR) is 95.4 cm³/mol. The van der Waals surface area contributed by atoms with E-state index >= 15 is 0 Å². The number of carbonyl (C=O) groups excluding carboxylic acids is 2. The van der Waals surface area contributed by atoms with Crippen LogP contribution in [-0.2, 0) is 0 Å². The number of halogens is 2. The number of amides is 2. The smallest absolute Gasteiger partial charge is 0.290 e. The fourth-order valence-corrected chi connectivity index (χ4v) is 3.72. The normalized spacial score (nSPS) is 13.8. The van der Waals surface area contributed by atoms with Crippen LogP contribution < -0.4 is 15.8 Å². The molecule has 1 aliphatic heterocycles. The molecule has 126 valence electrons. The number of carbonyl (C=O) groups is 2. The first kappa shape index (κ1) is 17.1. The van der Waals surface area contributed by atoms with Gasteiger partial charge >= 0.3 is 0 Å². The van der Waals surface area contributed by atoms with Crippen LogP contribution in [0.1, 0.15) is 33.0 Å². The van der Waals surface area contributed by atoms with Crippen molar-refractivity contribution in [1.82, 2.24) is 20.8 Å². The number of nitrogens with one attached hydrogen (secondary N) is 2. The summed E-state index contributed by atoms with van der Waals surface area (Å²) < 4.78 is 0.827. The van der Waals surface area contributed by atoms with Crippen molar-refractivity contribution < 1.29 is 9.59 Å². The van der Waals surface area contributed by atoms with Crippen molar-refractivity contribution in [3.63, 3.8) is 0 Å². The average Bonchev–Trinajstić information content (AvgIpc) is 3.24. The standard InChI is InChI=1S/C14H13BrClN5O2S/c15-10-4-3-9(24-10)12(22)19-20-13(23)11-8(16)7-17-14(18-11)21-5-1-2-6-21/h3-4,7H,1-2,5-6H2,(H,19,22)(H,20,23). The van der Waals surface area contributed by atoms with E-state index in [-0.39, 0.29) is 10.7 Å². The van der Waals surface area contributed by atoms with E-state index in [1.807, 2.05) is 4.90 Å². The van der Waals surface area contributed by atoms with E-state index in [0.717, 1.165) is 29.7 Å². The molecule has 0 spiro atoms. The monoisotopic (exact) mass is 429 g/mol. The van der Waals surface area contributed by atoms with Crippen LogP contribution in [0.5, 0.6) is 0 Å². The number of hydrogen-bond acceptors (Lipinski definition) is 6. The van der Waals surface area contributed by atoms with E-state index in [4.69, 9.17) is 11.6 Å². The minimum Gasteiger partial charge on any atom is -0.341 e. The molecule has 0 unspecified atom stereocenters. The first-order chi connectivity index (χ1) is 11.5. The molecule has 2 N–H and O–H groups in total. The lowest BCUT2D eigenvalue weighted by Crippen LogP contribution is -2.42. The summed E-state index contributed by atoms with van der Waals surface area (Å²) >= 11 is 10.6. The molecule has 10 heteroatoms. The Morgan fingerprint density at radius 1 is 1.21 bits per heavy atom. The zero-order valence-electron chi connectivity index (χ0n) is 12.4. The molecule has 0 aliphatic carbocycles. The molecular formula is C14H13BrClN5O2S. The van der Waals surface area contributed by atoms with Crippen LogP contribution >= 0.6 is 38.9 Å². The fourth-order valence-electron chi connectivity index (χ4n) is 2.26. The van der Waals surface area contributed by atoms with Crippen molar-refractivity contribution in [2.24, 2.45) is 0 Å². The van der Waals surface area contributed by atoms with E-state index in [0.29, 0.717) is 10.8 Å². The van der Waals surface area contributed by atoms with E-state index in [2.05, 4.69) is 36.7 Å². The van der Waals surface area contributed by atoms with Gasteiger partial charge in [-0.2, -0.15) is 0 Å². The SMILES string of the molecule is O=C(NNC(=O)c1nc(N2CCCC2)ncc1Cl)c1ccc(Br)s1. The van der Waals surface area contributed by atoms with Gasteiger partial charge in [0.05, 0.1) is 19.9 Å². The van der Waals surface area contributed by atoms with Gasteiger partial charge in [0, 0.05) is 13.1 Å². The Bertz CT molecular complexity index is 778. The molecule has 0 bridgehead atoms. The lowest BCUT2D eigenvalue weighted by atomic mass is 10.4. The third-order valence-corrected chi connectivity index (χ3v) is 5.32. The summed E-state index contributed by atoms with van der Waals surface area (Å²) in [4.78, 5) is 35.0. The summed E-state index contributed by atoms with van der Waals surface area (Å²) in [6, 6.07) is 3.41. The van der Waals surface area contributed by atoms with Crippen LogP contribution in [0.4, 0.5) is 5.95 Å². The molecule has 3 rings (SSSR count). The molecule has 2 aromatic heterocycles. The topological polar surface area (TPSA) is 87.2 Å². The molecular weight excluding hydrogens is 418 g/mol. The third kappa shape index (κ3) is 3.85. The van der Waals surface area contributed by atoms with Gasteiger partial charge in [-0.3, -0.25) is 20.4 Å². The summed E-state index contributed by atoms with van der Waals surface area (Å²) in [5.41, 5.74) is 4.70. The highest BCUT2D eigenvalue weighted by molar-refractivity contribution is 9.11. The molecule has 24 heavy (non-hydrogen) atoms. The molecule has 0 saturated carbocycles. The third-order valence-electron chi connectivity index (χ3n) is 3.42. The Kier molecular flexibility index (Phi) is 5.32. The molecule has 0 radical (unpaired) electrons. The van der Waals surface area contributed by atoms with Gasteiger partial charge in [0.1, 0.15) is 0 Å².